The van der Waals surface area contributed by atoms with Crippen molar-refractivity contribution in [3.63, 3.8) is 0 Å². The van der Waals surface area contributed by atoms with E-state index in [1.54, 1.807) is 13.4 Å². The van der Waals surface area contributed by atoms with Gasteiger partial charge in [-0.3, -0.25) is 0 Å². The van der Waals surface area contributed by atoms with Gasteiger partial charge in [0.15, 0.2) is 0 Å². The molecule has 1 aliphatic heterocycles. The first-order valence-corrected chi connectivity index (χ1v) is 9.47. The number of benzene rings is 2. The second-order valence-electron chi connectivity index (χ2n) is 7.21. The van der Waals surface area contributed by atoms with Crippen molar-refractivity contribution in [3.05, 3.63) is 58.7 Å². The summed E-state index contributed by atoms with van der Waals surface area (Å²) in [6.45, 7) is 5.60. The molecule has 0 aliphatic carbocycles. The molecule has 0 atom stereocenters. The number of halogens is 2. The van der Waals surface area contributed by atoms with Crippen molar-refractivity contribution in [3.8, 4) is 5.75 Å². The summed E-state index contributed by atoms with van der Waals surface area (Å²) in [7, 11) is 3.54. The predicted molar refractivity (Wildman–Crippen MR) is 108 cm³/mol. The van der Waals surface area contributed by atoms with Crippen LogP contribution in [0.5, 0.6) is 5.75 Å². The molecule has 0 saturated carbocycles. The predicted octanol–water partition coefficient (Wildman–Crippen LogP) is 4.34. The molecule has 3 rings (SSSR count). The molecule has 1 fully saturated rings. The molecule has 1 heterocycles. The van der Waals surface area contributed by atoms with Crippen LogP contribution in [0.4, 0.5) is 14.5 Å². The van der Waals surface area contributed by atoms with Crippen LogP contribution in [0.2, 0.25) is 0 Å². The Hall–Kier alpha value is -2.51. The normalized spacial score (nSPS) is 15.4. The van der Waals surface area contributed by atoms with Gasteiger partial charge in [-0.15, -0.1) is 0 Å². The largest absolute Gasteiger partial charge is 0.496 e. The van der Waals surface area contributed by atoms with Gasteiger partial charge in [0.05, 0.1) is 39.0 Å². The van der Waals surface area contributed by atoms with Gasteiger partial charge in [-0.2, -0.15) is 0 Å². The van der Waals surface area contributed by atoms with E-state index >= 15 is 0 Å². The number of nitrogens with zero attached hydrogens (tertiary/aromatic N) is 2. The van der Waals surface area contributed by atoms with Crippen LogP contribution >= 0.6 is 0 Å². The molecule has 0 bridgehead atoms. The smallest absolute Gasteiger partial charge is 0.143 e. The van der Waals surface area contributed by atoms with E-state index in [9.17, 15) is 8.78 Å². The van der Waals surface area contributed by atoms with E-state index < -0.39 is 17.2 Å². The lowest BCUT2D eigenvalue weighted by molar-refractivity contribution is -0.223. The summed E-state index contributed by atoms with van der Waals surface area (Å²) in [5.41, 5.74) is 2.29. The van der Waals surface area contributed by atoms with Crippen LogP contribution in [-0.2, 0) is 21.7 Å². The van der Waals surface area contributed by atoms with Crippen molar-refractivity contribution in [2.24, 2.45) is 4.99 Å². The maximum atomic E-state index is 13.5. The van der Waals surface area contributed by atoms with E-state index in [0.717, 1.165) is 29.4 Å². The summed E-state index contributed by atoms with van der Waals surface area (Å²) in [5.74, 6) is -0.624. The third kappa shape index (κ3) is 4.74. The average molecular weight is 404 g/mol. The topological polar surface area (TPSA) is 43.3 Å². The zero-order chi connectivity index (χ0) is 21.0. The number of hydrogen-bond acceptors (Lipinski definition) is 4. The molecule has 1 saturated heterocycles. The molecular weight excluding hydrogens is 378 g/mol. The van der Waals surface area contributed by atoms with Crippen LogP contribution in [0, 0.1) is 18.6 Å². The fourth-order valence-corrected chi connectivity index (χ4v) is 3.10. The highest BCUT2D eigenvalue weighted by Gasteiger charge is 2.44. The van der Waals surface area contributed by atoms with Gasteiger partial charge in [-0.1, -0.05) is 0 Å². The molecular formula is C22H26F2N2O3. The first-order valence-electron chi connectivity index (χ1n) is 9.47. The lowest BCUT2D eigenvalue weighted by atomic mass is 9.89. The average Bonchev–Trinajstić information content (AvgIpc) is 2.65. The quantitative estimate of drug-likeness (QED) is 0.485. The molecule has 156 valence electrons. The Morgan fingerprint density at radius 2 is 1.86 bits per heavy atom. The van der Waals surface area contributed by atoms with Crippen LogP contribution in [0.1, 0.15) is 23.6 Å². The van der Waals surface area contributed by atoms with Gasteiger partial charge in [0.25, 0.3) is 0 Å². The summed E-state index contributed by atoms with van der Waals surface area (Å²) < 4.78 is 44.1. The lowest BCUT2D eigenvalue weighted by Gasteiger charge is -2.42. The fraction of sp³-hybridized carbons (Fsp3) is 0.409. The molecule has 0 amide bonds. The van der Waals surface area contributed by atoms with Crippen molar-refractivity contribution in [1.82, 2.24) is 4.90 Å². The van der Waals surface area contributed by atoms with Crippen LogP contribution in [0.3, 0.4) is 0 Å². The van der Waals surface area contributed by atoms with Crippen molar-refractivity contribution < 1.29 is 23.0 Å². The molecule has 2 aromatic carbocycles. The highest BCUT2D eigenvalue weighted by atomic mass is 19.1. The first-order chi connectivity index (χ1) is 13.9. The SMILES string of the molecule is CCN(C)C=Nc1cc(OC)c(C2(OCc3cc(F)cc(F)c3)COC2)cc1C. The van der Waals surface area contributed by atoms with E-state index in [0.29, 0.717) is 24.5 Å². The van der Waals surface area contributed by atoms with Crippen LogP contribution < -0.4 is 4.74 Å². The minimum atomic E-state index is -0.735. The third-order valence-corrected chi connectivity index (χ3v) is 5.01. The third-order valence-electron chi connectivity index (χ3n) is 5.01. The van der Waals surface area contributed by atoms with Gasteiger partial charge < -0.3 is 19.1 Å². The Balaban J connectivity index is 1.88. The van der Waals surface area contributed by atoms with Crippen molar-refractivity contribution in [2.75, 3.05) is 33.9 Å². The maximum Gasteiger partial charge on any atom is 0.143 e. The minimum Gasteiger partial charge on any atom is -0.496 e. The van der Waals surface area contributed by atoms with E-state index in [2.05, 4.69) is 4.99 Å². The molecule has 0 unspecified atom stereocenters. The summed E-state index contributed by atoms with van der Waals surface area (Å²) in [6.07, 6.45) is 1.78. The molecule has 29 heavy (non-hydrogen) atoms. The molecule has 5 nitrogen and oxygen atoms in total. The maximum absolute atomic E-state index is 13.5. The summed E-state index contributed by atoms with van der Waals surface area (Å²) >= 11 is 0. The standard InChI is InChI=1S/C22H26F2N2O3/c1-5-26(3)14-25-20-10-21(27-4)19(6-15(20)2)22(12-28-13-22)29-11-16-7-17(23)9-18(24)8-16/h6-10,14H,5,11-13H2,1-4H3. The first kappa shape index (κ1) is 21.2. The van der Waals surface area contributed by atoms with E-state index in [-0.39, 0.29) is 6.61 Å². The number of hydrogen-bond donors (Lipinski definition) is 0. The van der Waals surface area contributed by atoms with Gasteiger partial charge in [-0.25, -0.2) is 13.8 Å². The van der Waals surface area contributed by atoms with Crippen LogP contribution in [-0.4, -0.2) is 45.2 Å². The number of aliphatic imine (C=N–C) groups is 1. The number of methoxy groups -OCH3 is 1. The molecule has 0 N–H and O–H groups in total. The summed E-state index contributed by atoms with van der Waals surface area (Å²) in [4.78, 5) is 6.51. The molecule has 7 heteroatoms. The van der Waals surface area contributed by atoms with Crippen LogP contribution in [0.15, 0.2) is 35.3 Å². The minimum absolute atomic E-state index is 0.0570. The number of aryl methyl sites for hydroxylation is 1. The van der Waals surface area contributed by atoms with Crippen molar-refractivity contribution >= 4 is 12.0 Å². The summed E-state index contributed by atoms with van der Waals surface area (Å²) in [6, 6.07) is 7.22. The second kappa shape index (κ2) is 8.88. The van der Waals surface area contributed by atoms with E-state index in [1.165, 1.54) is 12.1 Å². The molecule has 2 aromatic rings. The Kier molecular flexibility index (Phi) is 6.49. The number of ether oxygens (including phenoxy) is 3. The molecule has 1 aliphatic rings. The second-order valence-corrected chi connectivity index (χ2v) is 7.21. The van der Waals surface area contributed by atoms with E-state index in [4.69, 9.17) is 14.2 Å². The lowest BCUT2D eigenvalue weighted by Crippen LogP contribution is -2.49. The van der Waals surface area contributed by atoms with E-state index in [1.807, 2.05) is 37.9 Å². The van der Waals surface area contributed by atoms with Gasteiger partial charge in [0.2, 0.25) is 0 Å². The zero-order valence-corrected chi connectivity index (χ0v) is 17.2. The Morgan fingerprint density at radius 1 is 1.17 bits per heavy atom. The summed E-state index contributed by atoms with van der Waals surface area (Å²) in [5, 5.41) is 0. The van der Waals surface area contributed by atoms with Crippen molar-refractivity contribution in [1.29, 1.82) is 0 Å². The van der Waals surface area contributed by atoms with Gasteiger partial charge in [0.1, 0.15) is 23.0 Å². The molecule has 0 spiro atoms. The van der Waals surface area contributed by atoms with Crippen LogP contribution in [0.25, 0.3) is 0 Å². The van der Waals surface area contributed by atoms with Crippen molar-refractivity contribution in [2.45, 2.75) is 26.1 Å². The Bertz CT molecular complexity index is 878. The van der Waals surface area contributed by atoms with Gasteiger partial charge in [0, 0.05) is 31.3 Å². The fourth-order valence-electron chi connectivity index (χ4n) is 3.10. The van der Waals surface area contributed by atoms with Gasteiger partial charge in [-0.05, 0) is 43.2 Å². The number of rotatable bonds is 8. The highest BCUT2D eigenvalue weighted by Crippen LogP contribution is 2.42. The van der Waals surface area contributed by atoms with Gasteiger partial charge >= 0.3 is 0 Å². The molecule has 0 aromatic heterocycles. The monoisotopic (exact) mass is 404 g/mol. The Labute approximate surface area is 169 Å². The Morgan fingerprint density at radius 3 is 2.41 bits per heavy atom. The highest BCUT2D eigenvalue weighted by molar-refractivity contribution is 5.65. The zero-order valence-electron chi connectivity index (χ0n) is 17.2. The molecule has 0 radical (unpaired) electrons.